The Hall–Kier alpha value is -2.33. The van der Waals surface area contributed by atoms with Crippen molar-refractivity contribution in [2.45, 2.75) is 13.5 Å². The van der Waals surface area contributed by atoms with E-state index in [0.717, 1.165) is 11.1 Å². The number of rotatable bonds is 5. The van der Waals surface area contributed by atoms with Gasteiger partial charge in [-0.1, -0.05) is 47.5 Å². The number of carbonyl (C=O) groups is 2. The molecule has 0 heterocycles. The van der Waals surface area contributed by atoms with E-state index in [1.54, 1.807) is 18.2 Å². The molecule has 5 heteroatoms. The number of hydrogen-bond acceptors (Lipinski definition) is 3. The van der Waals surface area contributed by atoms with Crippen molar-refractivity contribution in [2.75, 3.05) is 6.61 Å². The monoisotopic (exact) mass is 317 g/mol. The third-order valence-corrected chi connectivity index (χ3v) is 3.24. The fraction of sp³-hybridized carbons (Fsp3) is 0.176. The number of benzene rings is 2. The minimum Gasteiger partial charge on any atom is -0.452 e. The first kappa shape index (κ1) is 16.0. The van der Waals surface area contributed by atoms with Gasteiger partial charge in [0.1, 0.15) is 0 Å². The summed E-state index contributed by atoms with van der Waals surface area (Å²) in [6, 6.07) is 14.2. The molecule has 0 unspecified atom stereocenters. The van der Waals surface area contributed by atoms with E-state index >= 15 is 0 Å². The third-order valence-electron chi connectivity index (χ3n) is 3.00. The Kier molecular flexibility index (Phi) is 5.55. The Morgan fingerprint density at radius 1 is 1.14 bits per heavy atom. The molecule has 0 spiro atoms. The molecule has 0 bridgehead atoms. The van der Waals surface area contributed by atoms with Gasteiger partial charge in [-0.3, -0.25) is 4.79 Å². The van der Waals surface area contributed by atoms with Gasteiger partial charge in [-0.25, -0.2) is 4.79 Å². The number of amides is 1. The lowest BCUT2D eigenvalue weighted by molar-refractivity contribution is -0.124. The Morgan fingerprint density at radius 2 is 1.86 bits per heavy atom. The maximum atomic E-state index is 11.8. The quantitative estimate of drug-likeness (QED) is 0.862. The van der Waals surface area contributed by atoms with Crippen molar-refractivity contribution in [1.29, 1.82) is 0 Å². The van der Waals surface area contributed by atoms with Gasteiger partial charge in [-0.15, -0.1) is 0 Å². The van der Waals surface area contributed by atoms with Crippen molar-refractivity contribution in [3.8, 4) is 0 Å². The van der Waals surface area contributed by atoms with Crippen molar-refractivity contribution < 1.29 is 14.3 Å². The lowest BCUT2D eigenvalue weighted by Crippen LogP contribution is -2.28. The summed E-state index contributed by atoms with van der Waals surface area (Å²) >= 11 is 5.79. The summed E-state index contributed by atoms with van der Waals surface area (Å²) in [5.74, 6) is -0.927. The van der Waals surface area contributed by atoms with Crippen LogP contribution >= 0.6 is 11.6 Å². The minimum atomic E-state index is -0.576. The first-order valence-electron chi connectivity index (χ1n) is 6.79. The van der Waals surface area contributed by atoms with Gasteiger partial charge in [-0.2, -0.15) is 0 Å². The van der Waals surface area contributed by atoms with Gasteiger partial charge in [0.05, 0.1) is 5.56 Å². The molecule has 2 aromatic rings. The van der Waals surface area contributed by atoms with Gasteiger partial charge in [0, 0.05) is 11.6 Å². The van der Waals surface area contributed by atoms with Crippen molar-refractivity contribution in [3.05, 3.63) is 70.2 Å². The molecule has 0 atom stereocenters. The zero-order valence-electron chi connectivity index (χ0n) is 12.1. The number of esters is 1. The summed E-state index contributed by atoms with van der Waals surface area (Å²) in [5.41, 5.74) is 2.46. The molecule has 0 aromatic heterocycles. The summed E-state index contributed by atoms with van der Waals surface area (Å²) in [6.07, 6.45) is 0. The van der Waals surface area contributed by atoms with Crippen LogP contribution in [0.15, 0.2) is 48.5 Å². The average molecular weight is 318 g/mol. The standard InChI is InChI=1S/C17H16ClNO3/c1-12-5-7-13(8-6-12)10-19-16(20)11-22-17(21)14-3-2-4-15(18)9-14/h2-9H,10-11H2,1H3,(H,19,20). The number of hydrogen-bond donors (Lipinski definition) is 1. The zero-order chi connectivity index (χ0) is 15.9. The summed E-state index contributed by atoms with van der Waals surface area (Å²) in [6.45, 7) is 2.07. The molecular weight excluding hydrogens is 302 g/mol. The highest BCUT2D eigenvalue weighted by Crippen LogP contribution is 2.11. The lowest BCUT2D eigenvalue weighted by Gasteiger charge is -2.07. The minimum absolute atomic E-state index is 0.318. The lowest BCUT2D eigenvalue weighted by atomic mass is 10.1. The zero-order valence-corrected chi connectivity index (χ0v) is 12.9. The van der Waals surface area contributed by atoms with Crippen molar-refractivity contribution in [3.63, 3.8) is 0 Å². The van der Waals surface area contributed by atoms with Crippen LogP contribution in [-0.4, -0.2) is 18.5 Å². The van der Waals surface area contributed by atoms with Crippen LogP contribution < -0.4 is 5.32 Å². The van der Waals surface area contributed by atoms with Gasteiger partial charge < -0.3 is 10.1 Å². The molecule has 0 aliphatic heterocycles. The smallest absolute Gasteiger partial charge is 0.338 e. The van der Waals surface area contributed by atoms with E-state index in [2.05, 4.69) is 5.32 Å². The molecule has 2 rings (SSSR count). The maximum Gasteiger partial charge on any atom is 0.338 e. The second-order valence-corrected chi connectivity index (χ2v) is 5.29. The second kappa shape index (κ2) is 7.61. The van der Waals surface area contributed by atoms with Crippen molar-refractivity contribution in [2.24, 2.45) is 0 Å². The van der Waals surface area contributed by atoms with E-state index in [1.807, 2.05) is 31.2 Å². The van der Waals surface area contributed by atoms with Gasteiger partial charge in [-0.05, 0) is 30.7 Å². The van der Waals surface area contributed by atoms with Gasteiger partial charge in [0.25, 0.3) is 5.91 Å². The van der Waals surface area contributed by atoms with Crippen LogP contribution in [0.3, 0.4) is 0 Å². The van der Waals surface area contributed by atoms with Gasteiger partial charge in [0.15, 0.2) is 6.61 Å². The van der Waals surface area contributed by atoms with E-state index in [-0.39, 0.29) is 12.5 Å². The number of nitrogens with one attached hydrogen (secondary N) is 1. The van der Waals surface area contributed by atoms with E-state index in [9.17, 15) is 9.59 Å². The number of aryl methyl sites for hydroxylation is 1. The molecule has 114 valence electrons. The first-order chi connectivity index (χ1) is 10.5. The largest absolute Gasteiger partial charge is 0.452 e. The van der Waals surface area contributed by atoms with E-state index in [1.165, 1.54) is 6.07 Å². The highest BCUT2D eigenvalue weighted by atomic mass is 35.5. The summed E-state index contributed by atoms with van der Waals surface area (Å²) in [5, 5.41) is 3.14. The summed E-state index contributed by atoms with van der Waals surface area (Å²) < 4.78 is 4.94. The number of halogens is 1. The van der Waals surface area contributed by atoms with Crippen LogP contribution in [0.25, 0.3) is 0 Å². The summed E-state index contributed by atoms with van der Waals surface area (Å²) in [7, 11) is 0. The van der Waals surface area contributed by atoms with E-state index in [4.69, 9.17) is 16.3 Å². The molecule has 0 saturated carbocycles. The molecule has 0 fully saturated rings. The van der Waals surface area contributed by atoms with Crippen LogP contribution in [0.4, 0.5) is 0 Å². The molecule has 2 aromatic carbocycles. The second-order valence-electron chi connectivity index (χ2n) is 4.85. The molecule has 4 nitrogen and oxygen atoms in total. The Bertz CT molecular complexity index is 668. The van der Waals surface area contributed by atoms with Crippen LogP contribution in [0, 0.1) is 6.92 Å². The first-order valence-corrected chi connectivity index (χ1v) is 7.17. The van der Waals surface area contributed by atoms with E-state index in [0.29, 0.717) is 17.1 Å². The van der Waals surface area contributed by atoms with Crippen LogP contribution in [-0.2, 0) is 16.1 Å². The fourth-order valence-electron chi connectivity index (χ4n) is 1.79. The average Bonchev–Trinajstić information content (AvgIpc) is 2.52. The molecule has 0 radical (unpaired) electrons. The fourth-order valence-corrected chi connectivity index (χ4v) is 1.98. The number of carbonyl (C=O) groups excluding carboxylic acids is 2. The van der Waals surface area contributed by atoms with Gasteiger partial charge >= 0.3 is 5.97 Å². The Balaban J connectivity index is 1.78. The third kappa shape index (κ3) is 4.90. The van der Waals surface area contributed by atoms with Crippen LogP contribution in [0.1, 0.15) is 21.5 Å². The molecule has 22 heavy (non-hydrogen) atoms. The Morgan fingerprint density at radius 3 is 2.55 bits per heavy atom. The topological polar surface area (TPSA) is 55.4 Å². The van der Waals surface area contributed by atoms with Gasteiger partial charge in [0.2, 0.25) is 0 Å². The highest BCUT2D eigenvalue weighted by molar-refractivity contribution is 6.30. The van der Waals surface area contributed by atoms with Crippen LogP contribution in [0.5, 0.6) is 0 Å². The molecule has 0 aliphatic rings. The molecular formula is C17H16ClNO3. The number of ether oxygens (including phenoxy) is 1. The SMILES string of the molecule is Cc1ccc(CNC(=O)COC(=O)c2cccc(Cl)c2)cc1. The van der Waals surface area contributed by atoms with Crippen molar-refractivity contribution in [1.82, 2.24) is 5.32 Å². The summed E-state index contributed by atoms with van der Waals surface area (Å²) in [4.78, 5) is 23.4. The molecule has 1 amide bonds. The normalized spacial score (nSPS) is 10.1. The molecule has 1 N–H and O–H groups in total. The Labute approximate surface area is 134 Å². The predicted octanol–water partition coefficient (Wildman–Crippen LogP) is 3.12. The maximum absolute atomic E-state index is 11.8. The highest BCUT2D eigenvalue weighted by Gasteiger charge is 2.10. The molecule has 0 aliphatic carbocycles. The predicted molar refractivity (Wildman–Crippen MR) is 84.8 cm³/mol. The van der Waals surface area contributed by atoms with E-state index < -0.39 is 5.97 Å². The molecule has 0 saturated heterocycles. The van der Waals surface area contributed by atoms with Crippen LogP contribution in [0.2, 0.25) is 5.02 Å². The van der Waals surface area contributed by atoms with Crippen molar-refractivity contribution >= 4 is 23.5 Å².